The summed E-state index contributed by atoms with van der Waals surface area (Å²) in [4.78, 5) is 6.90. The minimum atomic E-state index is 0.460. The number of hydrogen-bond acceptors (Lipinski definition) is 4. The fraction of sp³-hybridized carbons (Fsp3) is 0.667. The van der Waals surface area contributed by atoms with E-state index in [1.165, 1.54) is 5.69 Å². The number of anilines is 1. The summed E-state index contributed by atoms with van der Waals surface area (Å²) >= 11 is 0. The minimum Gasteiger partial charge on any atom is -0.383 e. The van der Waals surface area contributed by atoms with E-state index < -0.39 is 0 Å². The number of ether oxygens (including phenoxy) is 1. The van der Waals surface area contributed by atoms with E-state index in [2.05, 4.69) is 29.8 Å². The van der Waals surface area contributed by atoms with Crippen molar-refractivity contribution in [3.8, 4) is 0 Å². The van der Waals surface area contributed by atoms with Crippen LogP contribution in [0.5, 0.6) is 0 Å². The van der Waals surface area contributed by atoms with Crippen LogP contribution in [0.15, 0.2) is 6.07 Å². The molecule has 19 heavy (non-hydrogen) atoms. The third kappa shape index (κ3) is 3.91. The summed E-state index contributed by atoms with van der Waals surface area (Å²) in [6.45, 7) is 10.6. The molecule has 0 amide bonds. The van der Waals surface area contributed by atoms with Crippen molar-refractivity contribution in [2.24, 2.45) is 5.73 Å². The van der Waals surface area contributed by atoms with E-state index in [1.54, 1.807) is 7.11 Å². The molecule has 0 radical (unpaired) electrons. The predicted molar refractivity (Wildman–Crippen MR) is 80.6 cm³/mol. The molecule has 1 aromatic rings. The van der Waals surface area contributed by atoms with Gasteiger partial charge in [0, 0.05) is 48.9 Å². The van der Waals surface area contributed by atoms with Crippen molar-refractivity contribution in [2.75, 3.05) is 25.2 Å². The third-order valence-electron chi connectivity index (χ3n) is 3.61. The van der Waals surface area contributed by atoms with Crippen LogP contribution in [0, 0.1) is 13.8 Å². The number of nitrogens with two attached hydrogens (primary N) is 1. The van der Waals surface area contributed by atoms with Gasteiger partial charge in [-0.1, -0.05) is 6.92 Å². The van der Waals surface area contributed by atoms with Gasteiger partial charge in [0.25, 0.3) is 0 Å². The largest absolute Gasteiger partial charge is 0.383 e. The summed E-state index contributed by atoms with van der Waals surface area (Å²) in [7, 11) is 1.74. The molecule has 0 aliphatic carbocycles. The average molecular weight is 265 g/mol. The zero-order valence-corrected chi connectivity index (χ0v) is 12.9. The van der Waals surface area contributed by atoms with Crippen LogP contribution in [0.1, 0.15) is 37.2 Å². The highest BCUT2D eigenvalue weighted by Gasteiger charge is 2.18. The highest BCUT2D eigenvalue weighted by Crippen LogP contribution is 2.26. The summed E-state index contributed by atoms with van der Waals surface area (Å²) in [5.74, 6) is 0. The number of rotatable bonds is 7. The van der Waals surface area contributed by atoms with Crippen molar-refractivity contribution in [3.05, 3.63) is 23.0 Å². The molecule has 2 N–H and O–H groups in total. The monoisotopic (exact) mass is 265 g/mol. The summed E-state index contributed by atoms with van der Waals surface area (Å²) < 4.78 is 5.23. The maximum Gasteiger partial charge on any atom is 0.0637 e. The summed E-state index contributed by atoms with van der Waals surface area (Å²) in [6, 6.07) is 2.60. The number of aromatic nitrogens is 1. The SMILES string of the molecule is CCC(C)N(CCOC)c1cc(C)nc(C)c1CN. The van der Waals surface area contributed by atoms with E-state index in [4.69, 9.17) is 10.5 Å². The first-order valence-electron chi connectivity index (χ1n) is 6.97. The van der Waals surface area contributed by atoms with Crippen molar-refractivity contribution < 1.29 is 4.74 Å². The molecule has 1 unspecified atom stereocenters. The van der Waals surface area contributed by atoms with Gasteiger partial charge in [-0.05, 0) is 33.3 Å². The topological polar surface area (TPSA) is 51.4 Å². The maximum atomic E-state index is 5.91. The van der Waals surface area contributed by atoms with E-state index in [9.17, 15) is 0 Å². The fourth-order valence-electron chi connectivity index (χ4n) is 2.33. The summed E-state index contributed by atoms with van der Waals surface area (Å²) in [6.07, 6.45) is 1.09. The smallest absolute Gasteiger partial charge is 0.0637 e. The number of pyridine rings is 1. The second-order valence-corrected chi connectivity index (χ2v) is 4.99. The van der Waals surface area contributed by atoms with Crippen LogP contribution in [-0.4, -0.2) is 31.3 Å². The average Bonchev–Trinajstić information content (AvgIpc) is 2.38. The van der Waals surface area contributed by atoms with E-state index >= 15 is 0 Å². The Morgan fingerprint density at radius 1 is 1.42 bits per heavy atom. The van der Waals surface area contributed by atoms with Gasteiger partial charge in [0.15, 0.2) is 0 Å². The van der Waals surface area contributed by atoms with Crippen LogP contribution < -0.4 is 10.6 Å². The standard InChI is InChI=1S/C15H27N3O/c1-6-12(3)18(7-8-19-5)15-9-11(2)17-13(4)14(15)10-16/h9,12H,6-8,10,16H2,1-5H3. The normalized spacial score (nSPS) is 12.5. The van der Waals surface area contributed by atoms with Crippen molar-refractivity contribution >= 4 is 5.69 Å². The van der Waals surface area contributed by atoms with Crippen molar-refractivity contribution in [1.29, 1.82) is 0 Å². The number of aryl methyl sites for hydroxylation is 2. The molecule has 0 saturated heterocycles. The quantitative estimate of drug-likeness (QED) is 0.822. The molecular formula is C15H27N3O. The zero-order chi connectivity index (χ0) is 14.4. The number of hydrogen-bond donors (Lipinski definition) is 1. The van der Waals surface area contributed by atoms with Crippen LogP contribution in [0.4, 0.5) is 5.69 Å². The lowest BCUT2D eigenvalue weighted by molar-refractivity contribution is 0.203. The van der Waals surface area contributed by atoms with Crippen LogP contribution in [-0.2, 0) is 11.3 Å². The molecule has 0 bridgehead atoms. The van der Waals surface area contributed by atoms with Crippen LogP contribution >= 0.6 is 0 Å². The Labute approximate surface area is 117 Å². The first-order valence-corrected chi connectivity index (χ1v) is 6.97. The van der Waals surface area contributed by atoms with E-state index in [0.29, 0.717) is 12.6 Å². The van der Waals surface area contributed by atoms with Gasteiger partial charge in [-0.3, -0.25) is 4.98 Å². The van der Waals surface area contributed by atoms with Gasteiger partial charge >= 0.3 is 0 Å². The van der Waals surface area contributed by atoms with Crippen molar-refractivity contribution in [2.45, 2.75) is 46.7 Å². The molecule has 4 heteroatoms. The van der Waals surface area contributed by atoms with E-state index in [-0.39, 0.29) is 0 Å². The molecule has 0 saturated carbocycles. The maximum absolute atomic E-state index is 5.91. The van der Waals surface area contributed by atoms with Crippen LogP contribution in [0.3, 0.4) is 0 Å². The van der Waals surface area contributed by atoms with Crippen LogP contribution in [0.25, 0.3) is 0 Å². The third-order valence-corrected chi connectivity index (χ3v) is 3.61. The highest BCUT2D eigenvalue weighted by atomic mass is 16.5. The van der Waals surface area contributed by atoms with Gasteiger partial charge < -0.3 is 15.4 Å². The molecule has 0 aromatic carbocycles. The Bertz CT molecular complexity index is 407. The van der Waals surface area contributed by atoms with Crippen LogP contribution in [0.2, 0.25) is 0 Å². The molecule has 1 aromatic heterocycles. The second kappa shape index (κ2) is 7.46. The summed E-state index contributed by atoms with van der Waals surface area (Å²) in [5.41, 5.74) is 10.3. The Morgan fingerprint density at radius 2 is 2.11 bits per heavy atom. The van der Waals surface area contributed by atoms with Gasteiger partial charge in [0.2, 0.25) is 0 Å². The molecule has 4 nitrogen and oxygen atoms in total. The molecular weight excluding hydrogens is 238 g/mol. The minimum absolute atomic E-state index is 0.460. The van der Waals surface area contributed by atoms with E-state index in [1.807, 2.05) is 13.8 Å². The van der Waals surface area contributed by atoms with E-state index in [0.717, 1.165) is 36.5 Å². The molecule has 0 spiro atoms. The molecule has 1 rings (SSSR count). The number of methoxy groups -OCH3 is 1. The highest BCUT2D eigenvalue weighted by molar-refractivity contribution is 5.56. The summed E-state index contributed by atoms with van der Waals surface area (Å²) in [5, 5.41) is 0. The Hall–Kier alpha value is -1.13. The molecule has 1 atom stereocenters. The van der Waals surface area contributed by atoms with Gasteiger partial charge in [-0.25, -0.2) is 0 Å². The molecule has 0 fully saturated rings. The lowest BCUT2D eigenvalue weighted by atomic mass is 10.1. The van der Waals surface area contributed by atoms with Crippen molar-refractivity contribution in [3.63, 3.8) is 0 Å². The Kier molecular flexibility index (Phi) is 6.25. The molecule has 108 valence electrons. The lowest BCUT2D eigenvalue weighted by Crippen LogP contribution is -2.36. The second-order valence-electron chi connectivity index (χ2n) is 4.99. The molecule has 0 aliphatic heterocycles. The first-order chi connectivity index (χ1) is 9.04. The Morgan fingerprint density at radius 3 is 2.63 bits per heavy atom. The lowest BCUT2D eigenvalue weighted by Gasteiger charge is -2.33. The van der Waals surface area contributed by atoms with Gasteiger partial charge in [-0.2, -0.15) is 0 Å². The van der Waals surface area contributed by atoms with Gasteiger partial charge in [0.1, 0.15) is 0 Å². The molecule has 1 heterocycles. The van der Waals surface area contributed by atoms with Gasteiger partial charge in [-0.15, -0.1) is 0 Å². The fourth-order valence-corrected chi connectivity index (χ4v) is 2.33. The van der Waals surface area contributed by atoms with Crippen molar-refractivity contribution in [1.82, 2.24) is 4.98 Å². The first kappa shape index (κ1) is 15.9. The Balaban J connectivity index is 3.19. The zero-order valence-electron chi connectivity index (χ0n) is 12.9. The predicted octanol–water partition coefficient (Wildman–Crippen LogP) is 2.41. The van der Waals surface area contributed by atoms with Gasteiger partial charge in [0.05, 0.1) is 6.61 Å². The number of nitrogens with zero attached hydrogens (tertiary/aromatic N) is 2. The molecule has 0 aliphatic rings.